The van der Waals surface area contributed by atoms with Crippen molar-refractivity contribution in [3.05, 3.63) is 11.8 Å². The van der Waals surface area contributed by atoms with Gasteiger partial charge >= 0.3 is 0 Å². The van der Waals surface area contributed by atoms with Gasteiger partial charge in [-0.3, -0.25) is 4.79 Å². The number of Topliss-reactive ketones (excluding diaryl/α,β-unsaturated/α-hetero) is 1. The van der Waals surface area contributed by atoms with E-state index >= 15 is 0 Å². The first-order valence-corrected chi connectivity index (χ1v) is 5.30. The second kappa shape index (κ2) is 3.94. The number of ether oxygens (including phenoxy) is 2. The van der Waals surface area contributed by atoms with Crippen LogP contribution in [0.5, 0.6) is 0 Å². The molecule has 0 radical (unpaired) electrons. The Bertz CT molecular complexity index is 290. The van der Waals surface area contributed by atoms with E-state index in [1.54, 1.807) is 0 Å². The van der Waals surface area contributed by atoms with Gasteiger partial charge in [-0.25, -0.2) is 0 Å². The molecule has 1 aliphatic carbocycles. The Kier molecular flexibility index (Phi) is 2.80. The van der Waals surface area contributed by atoms with Crippen LogP contribution in [-0.4, -0.2) is 43.8 Å². The lowest BCUT2D eigenvalue weighted by molar-refractivity contribution is -0.171. The maximum absolute atomic E-state index is 11.7. The van der Waals surface area contributed by atoms with E-state index in [9.17, 15) is 4.79 Å². The molecule has 2 rings (SSSR count). The SMILES string of the molecule is CN(C)/C=C1/CC2(CCC1=O)OCCO2. The summed E-state index contributed by atoms with van der Waals surface area (Å²) in [6.07, 6.45) is 3.68. The molecule has 0 N–H and O–H groups in total. The zero-order chi connectivity index (χ0) is 10.9. The summed E-state index contributed by atoms with van der Waals surface area (Å²) < 4.78 is 11.2. The molecule has 0 aromatic heterocycles. The third-order valence-corrected chi connectivity index (χ3v) is 2.78. The van der Waals surface area contributed by atoms with Crippen LogP contribution in [0.25, 0.3) is 0 Å². The minimum Gasteiger partial charge on any atom is -0.383 e. The Morgan fingerprint density at radius 3 is 2.60 bits per heavy atom. The number of nitrogens with zero attached hydrogens (tertiary/aromatic N) is 1. The maximum Gasteiger partial charge on any atom is 0.173 e. The number of hydrogen-bond acceptors (Lipinski definition) is 4. The largest absolute Gasteiger partial charge is 0.383 e. The quantitative estimate of drug-likeness (QED) is 0.605. The van der Waals surface area contributed by atoms with Crippen molar-refractivity contribution in [3.8, 4) is 0 Å². The molecule has 0 amide bonds. The van der Waals surface area contributed by atoms with Crippen molar-refractivity contribution in [1.82, 2.24) is 4.90 Å². The van der Waals surface area contributed by atoms with Crippen molar-refractivity contribution >= 4 is 5.78 Å². The van der Waals surface area contributed by atoms with Gasteiger partial charge < -0.3 is 14.4 Å². The number of ketones is 1. The molecule has 1 heterocycles. The van der Waals surface area contributed by atoms with Crippen LogP contribution in [0.2, 0.25) is 0 Å². The zero-order valence-corrected chi connectivity index (χ0v) is 9.28. The van der Waals surface area contributed by atoms with E-state index in [0.717, 1.165) is 5.57 Å². The summed E-state index contributed by atoms with van der Waals surface area (Å²) in [4.78, 5) is 13.6. The molecule has 2 aliphatic rings. The van der Waals surface area contributed by atoms with Crippen molar-refractivity contribution in [2.24, 2.45) is 0 Å². The highest BCUT2D eigenvalue weighted by atomic mass is 16.7. The normalized spacial score (nSPS) is 27.6. The Hall–Kier alpha value is -0.870. The first kappa shape index (κ1) is 10.6. The molecule has 0 unspecified atom stereocenters. The molecular weight excluding hydrogens is 194 g/mol. The summed E-state index contributed by atoms with van der Waals surface area (Å²) >= 11 is 0. The molecule has 1 spiro atoms. The summed E-state index contributed by atoms with van der Waals surface area (Å²) in [5.74, 6) is -0.288. The monoisotopic (exact) mass is 211 g/mol. The fourth-order valence-corrected chi connectivity index (χ4v) is 2.11. The molecule has 0 aromatic rings. The van der Waals surface area contributed by atoms with Crippen molar-refractivity contribution in [2.75, 3.05) is 27.3 Å². The number of hydrogen-bond donors (Lipinski definition) is 0. The molecular formula is C11H17NO3. The van der Waals surface area contributed by atoms with Gasteiger partial charge in [0.25, 0.3) is 0 Å². The standard InChI is InChI=1S/C11H17NO3/c1-12(2)8-9-7-11(4-3-10(9)13)14-5-6-15-11/h8H,3-7H2,1-2H3/b9-8-. The summed E-state index contributed by atoms with van der Waals surface area (Å²) in [5, 5.41) is 0. The fourth-order valence-electron chi connectivity index (χ4n) is 2.11. The van der Waals surface area contributed by atoms with Crippen molar-refractivity contribution in [1.29, 1.82) is 0 Å². The van der Waals surface area contributed by atoms with Gasteiger partial charge in [0.2, 0.25) is 0 Å². The van der Waals surface area contributed by atoms with Crippen LogP contribution < -0.4 is 0 Å². The van der Waals surface area contributed by atoms with E-state index in [2.05, 4.69) is 0 Å². The van der Waals surface area contributed by atoms with Gasteiger partial charge in [-0.1, -0.05) is 0 Å². The first-order valence-electron chi connectivity index (χ1n) is 5.30. The molecule has 2 fully saturated rings. The van der Waals surface area contributed by atoms with E-state index < -0.39 is 5.79 Å². The van der Waals surface area contributed by atoms with Crippen LogP contribution in [0.4, 0.5) is 0 Å². The molecule has 84 valence electrons. The molecule has 1 saturated heterocycles. The van der Waals surface area contributed by atoms with Crippen LogP contribution in [0.3, 0.4) is 0 Å². The summed E-state index contributed by atoms with van der Waals surface area (Å²) in [7, 11) is 3.83. The summed E-state index contributed by atoms with van der Waals surface area (Å²) in [5.41, 5.74) is 0.813. The Balaban J connectivity index is 2.13. The Labute approximate surface area is 89.8 Å². The zero-order valence-electron chi connectivity index (χ0n) is 9.28. The lowest BCUT2D eigenvalue weighted by atomic mass is 9.89. The third kappa shape index (κ3) is 2.21. The van der Waals surface area contributed by atoms with Gasteiger partial charge in [-0.15, -0.1) is 0 Å². The summed E-state index contributed by atoms with van der Waals surface area (Å²) in [6.45, 7) is 1.28. The van der Waals surface area contributed by atoms with Crippen LogP contribution >= 0.6 is 0 Å². The molecule has 1 aliphatic heterocycles. The van der Waals surface area contributed by atoms with E-state index in [4.69, 9.17) is 9.47 Å². The maximum atomic E-state index is 11.7. The van der Waals surface area contributed by atoms with E-state index in [1.807, 2.05) is 25.2 Å². The van der Waals surface area contributed by atoms with E-state index in [1.165, 1.54) is 0 Å². The average Bonchev–Trinajstić information content (AvgIpc) is 2.60. The number of carbonyl (C=O) groups excluding carboxylic acids is 1. The minimum absolute atomic E-state index is 0.216. The second-order valence-electron chi connectivity index (χ2n) is 4.33. The molecule has 4 nitrogen and oxygen atoms in total. The highest BCUT2D eigenvalue weighted by Gasteiger charge is 2.42. The molecule has 1 saturated carbocycles. The highest BCUT2D eigenvalue weighted by Crippen LogP contribution is 2.36. The van der Waals surface area contributed by atoms with Gasteiger partial charge in [0.05, 0.1) is 13.2 Å². The van der Waals surface area contributed by atoms with Crippen molar-refractivity contribution < 1.29 is 14.3 Å². The molecule has 0 aromatic carbocycles. The molecule has 0 atom stereocenters. The Morgan fingerprint density at radius 1 is 1.33 bits per heavy atom. The van der Waals surface area contributed by atoms with E-state index in [-0.39, 0.29) is 5.78 Å². The first-order chi connectivity index (χ1) is 7.11. The van der Waals surface area contributed by atoms with Crippen molar-refractivity contribution in [3.63, 3.8) is 0 Å². The Morgan fingerprint density at radius 2 is 2.00 bits per heavy atom. The summed E-state index contributed by atoms with van der Waals surface area (Å²) in [6, 6.07) is 0. The van der Waals surface area contributed by atoms with Gasteiger partial charge in [-0.05, 0) is 0 Å². The average molecular weight is 211 g/mol. The predicted octanol–water partition coefficient (Wildman–Crippen LogP) is 0.928. The van der Waals surface area contributed by atoms with Gasteiger partial charge in [0.15, 0.2) is 11.6 Å². The third-order valence-electron chi connectivity index (χ3n) is 2.78. The predicted molar refractivity (Wildman–Crippen MR) is 55.3 cm³/mol. The van der Waals surface area contributed by atoms with Crippen molar-refractivity contribution in [2.45, 2.75) is 25.0 Å². The second-order valence-corrected chi connectivity index (χ2v) is 4.33. The lowest BCUT2D eigenvalue weighted by Gasteiger charge is -2.32. The molecule has 4 heteroatoms. The van der Waals surface area contributed by atoms with Crippen LogP contribution in [-0.2, 0) is 14.3 Å². The number of carbonyl (C=O) groups is 1. The smallest absolute Gasteiger partial charge is 0.173 e. The lowest BCUT2D eigenvalue weighted by Crippen LogP contribution is -2.37. The highest BCUT2D eigenvalue weighted by molar-refractivity contribution is 5.96. The van der Waals surface area contributed by atoms with Gasteiger partial charge in [0.1, 0.15) is 0 Å². The number of rotatable bonds is 1. The fraction of sp³-hybridized carbons (Fsp3) is 0.727. The van der Waals surface area contributed by atoms with Crippen LogP contribution in [0.1, 0.15) is 19.3 Å². The van der Waals surface area contributed by atoms with Gasteiger partial charge in [0, 0.05) is 45.1 Å². The van der Waals surface area contributed by atoms with Crippen LogP contribution in [0, 0.1) is 0 Å². The molecule has 15 heavy (non-hydrogen) atoms. The minimum atomic E-state index is -0.504. The topological polar surface area (TPSA) is 38.8 Å². The van der Waals surface area contributed by atoms with E-state index in [0.29, 0.717) is 32.5 Å². The van der Waals surface area contributed by atoms with Gasteiger partial charge in [-0.2, -0.15) is 0 Å². The van der Waals surface area contributed by atoms with Crippen LogP contribution in [0.15, 0.2) is 11.8 Å². The molecule has 0 bridgehead atoms.